The molecule has 2 aromatic heterocycles. The molecule has 0 saturated heterocycles. The minimum atomic E-state index is -0.223. The van der Waals surface area contributed by atoms with Crippen LogP contribution in [0.1, 0.15) is 64.3 Å². The van der Waals surface area contributed by atoms with Gasteiger partial charge in [-0.15, -0.1) is 0 Å². The molecule has 59 heavy (non-hydrogen) atoms. The highest BCUT2D eigenvalue weighted by atomic mass is 15.1. The maximum absolute atomic E-state index is 5.03. The standard InChI is InChI=1S/C54H51N5/c1-36-31-37(2)33-41(32-36)45-21-15-16-22-46(45)47-29-25-39(49-30-26-40(35-55-49)50-56-51(53(3,4)5)58-52(57-50)54(6,7)8)34-48(47)38-23-27-44(28-24-38)59(42-17-11-9-12-18-42)43-19-13-10-14-20-43/h9-35H,1-8H3. The zero-order valence-electron chi connectivity index (χ0n) is 35.3. The average molecular weight is 770 g/mol. The molecule has 0 spiro atoms. The van der Waals surface area contributed by atoms with Crippen molar-refractivity contribution in [1.29, 1.82) is 0 Å². The largest absolute Gasteiger partial charge is 0.311 e. The molecule has 0 aliphatic heterocycles. The summed E-state index contributed by atoms with van der Waals surface area (Å²) in [5.41, 5.74) is 15.1. The Kier molecular flexibility index (Phi) is 10.5. The van der Waals surface area contributed by atoms with E-state index in [1.807, 2.05) is 6.20 Å². The summed E-state index contributed by atoms with van der Waals surface area (Å²) >= 11 is 0. The predicted molar refractivity (Wildman–Crippen MR) is 246 cm³/mol. The predicted octanol–water partition coefficient (Wildman–Crippen LogP) is 14.3. The van der Waals surface area contributed by atoms with E-state index in [1.54, 1.807) is 0 Å². The molecule has 0 aliphatic rings. The van der Waals surface area contributed by atoms with Gasteiger partial charge in [-0.3, -0.25) is 4.98 Å². The van der Waals surface area contributed by atoms with Crippen molar-refractivity contribution in [3.63, 3.8) is 0 Å². The van der Waals surface area contributed by atoms with E-state index in [-0.39, 0.29) is 10.8 Å². The van der Waals surface area contributed by atoms with Crippen molar-refractivity contribution < 1.29 is 0 Å². The molecular weight excluding hydrogens is 719 g/mol. The number of benzene rings is 6. The quantitative estimate of drug-likeness (QED) is 0.154. The highest BCUT2D eigenvalue weighted by molar-refractivity contribution is 5.94. The van der Waals surface area contributed by atoms with E-state index in [2.05, 4.69) is 218 Å². The van der Waals surface area contributed by atoms with E-state index in [0.717, 1.165) is 62.2 Å². The topological polar surface area (TPSA) is 54.8 Å². The molecule has 0 amide bonds. The lowest BCUT2D eigenvalue weighted by Crippen LogP contribution is -2.24. The molecule has 2 heterocycles. The lowest BCUT2D eigenvalue weighted by molar-refractivity contribution is 0.497. The lowest BCUT2D eigenvalue weighted by atomic mass is 9.87. The van der Waals surface area contributed by atoms with Crippen LogP contribution in [0, 0.1) is 13.8 Å². The minimum Gasteiger partial charge on any atom is -0.311 e. The fourth-order valence-electron chi connectivity index (χ4n) is 7.54. The smallest absolute Gasteiger partial charge is 0.164 e. The normalized spacial score (nSPS) is 11.7. The Balaban J connectivity index is 1.25. The van der Waals surface area contributed by atoms with E-state index in [1.165, 1.54) is 27.8 Å². The van der Waals surface area contributed by atoms with Crippen LogP contribution >= 0.6 is 0 Å². The maximum Gasteiger partial charge on any atom is 0.164 e. The molecule has 0 atom stereocenters. The summed E-state index contributed by atoms with van der Waals surface area (Å²) in [6.07, 6.45) is 1.89. The summed E-state index contributed by atoms with van der Waals surface area (Å²) in [6, 6.07) is 56.4. The van der Waals surface area contributed by atoms with Crippen LogP contribution in [0.2, 0.25) is 0 Å². The highest BCUT2D eigenvalue weighted by Gasteiger charge is 2.26. The monoisotopic (exact) mass is 769 g/mol. The number of aryl methyl sites for hydroxylation is 2. The Morgan fingerprint density at radius 3 is 1.42 bits per heavy atom. The SMILES string of the molecule is Cc1cc(C)cc(-c2ccccc2-c2ccc(-c3ccc(-c4nc(C(C)(C)C)nc(C(C)(C)C)n4)cn3)cc2-c2ccc(N(c3ccccc3)c3ccccc3)cc2)c1. The molecule has 5 nitrogen and oxygen atoms in total. The third kappa shape index (κ3) is 8.47. The highest BCUT2D eigenvalue weighted by Crippen LogP contribution is 2.42. The third-order valence-electron chi connectivity index (χ3n) is 10.5. The number of aromatic nitrogens is 4. The van der Waals surface area contributed by atoms with E-state index in [4.69, 9.17) is 19.9 Å². The zero-order chi connectivity index (χ0) is 41.3. The molecule has 0 bridgehead atoms. The number of hydrogen-bond acceptors (Lipinski definition) is 5. The van der Waals surface area contributed by atoms with Gasteiger partial charge in [0.05, 0.1) is 5.69 Å². The molecule has 5 heteroatoms. The lowest BCUT2D eigenvalue weighted by Gasteiger charge is -2.25. The Hall–Kier alpha value is -6.72. The molecule has 8 aromatic rings. The number of hydrogen-bond donors (Lipinski definition) is 0. The summed E-state index contributed by atoms with van der Waals surface area (Å²) < 4.78 is 0. The first kappa shape index (κ1) is 39.1. The summed E-state index contributed by atoms with van der Waals surface area (Å²) in [6.45, 7) is 17.2. The molecule has 292 valence electrons. The summed E-state index contributed by atoms with van der Waals surface area (Å²) in [4.78, 5) is 22.0. The van der Waals surface area contributed by atoms with Crippen LogP contribution in [0.5, 0.6) is 0 Å². The molecule has 0 aliphatic carbocycles. The molecule has 0 fully saturated rings. The van der Waals surface area contributed by atoms with Gasteiger partial charge >= 0.3 is 0 Å². The Morgan fingerprint density at radius 2 is 0.881 bits per heavy atom. The van der Waals surface area contributed by atoms with E-state index >= 15 is 0 Å². The van der Waals surface area contributed by atoms with Gasteiger partial charge in [-0.05, 0) is 102 Å². The van der Waals surface area contributed by atoms with E-state index in [0.29, 0.717) is 5.82 Å². The van der Waals surface area contributed by atoms with Crippen molar-refractivity contribution in [1.82, 2.24) is 19.9 Å². The third-order valence-corrected chi connectivity index (χ3v) is 10.5. The molecular formula is C54H51N5. The van der Waals surface area contributed by atoms with Crippen LogP contribution in [-0.2, 0) is 10.8 Å². The van der Waals surface area contributed by atoms with E-state index in [9.17, 15) is 0 Å². The van der Waals surface area contributed by atoms with E-state index < -0.39 is 0 Å². The fourth-order valence-corrected chi connectivity index (χ4v) is 7.54. The molecule has 0 N–H and O–H groups in total. The van der Waals surface area contributed by atoms with Gasteiger partial charge in [0, 0.05) is 45.2 Å². The second kappa shape index (κ2) is 15.9. The number of para-hydroxylation sites is 2. The molecule has 0 radical (unpaired) electrons. The van der Waals surface area contributed by atoms with Crippen molar-refractivity contribution in [2.45, 2.75) is 66.2 Å². The van der Waals surface area contributed by atoms with Gasteiger partial charge < -0.3 is 4.90 Å². The van der Waals surface area contributed by atoms with Crippen molar-refractivity contribution in [3.8, 4) is 56.0 Å². The summed E-state index contributed by atoms with van der Waals surface area (Å²) in [5.74, 6) is 2.20. The Morgan fingerprint density at radius 1 is 0.390 bits per heavy atom. The molecule has 8 rings (SSSR count). The van der Waals surface area contributed by atoms with Crippen LogP contribution in [0.4, 0.5) is 17.1 Å². The van der Waals surface area contributed by atoms with Gasteiger partial charge in [-0.25, -0.2) is 15.0 Å². The summed E-state index contributed by atoms with van der Waals surface area (Å²) in [7, 11) is 0. The minimum absolute atomic E-state index is 0.223. The van der Waals surface area contributed by atoms with Gasteiger partial charge in [0.2, 0.25) is 0 Å². The van der Waals surface area contributed by atoms with Crippen molar-refractivity contribution in [2.75, 3.05) is 4.90 Å². The second-order valence-corrected chi connectivity index (χ2v) is 17.5. The van der Waals surface area contributed by atoms with Crippen LogP contribution in [0.25, 0.3) is 56.0 Å². The molecule has 0 saturated carbocycles. The van der Waals surface area contributed by atoms with Crippen LogP contribution in [0.15, 0.2) is 164 Å². The number of rotatable bonds is 8. The van der Waals surface area contributed by atoms with Gasteiger partial charge in [0.1, 0.15) is 11.6 Å². The van der Waals surface area contributed by atoms with Crippen LogP contribution < -0.4 is 4.90 Å². The Bertz CT molecular complexity index is 2630. The number of pyridine rings is 1. The van der Waals surface area contributed by atoms with Gasteiger partial charge in [0.25, 0.3) is 0 Å². The number of nitrogens with zero attached hydrogens (tertiary/aromatic N) is 5. The zero-order valence-corrected chi connectivity index (χ0v) is 35.3. The van der Waals surface area contributed by atoms with Crippen molar-refractivity contribution in [3.05, 3.63) is 187 Å². The second-order valence-electron chi connectivity index (χ2n) is 17.5. The first-order chi connectivity index (χ1) is 28.3. The molecule has 0 unspecified atom stereocenters. The molecule has 6 aromatic carbocycles. The first-order valence-electron chi connectivity index (χ1n) is 20.4. The maximum atomic E-state index is 5.03. The first-order valence-corrected chi connectivity index (χ1v) is 20.4. The van der Waals surface area contributed by atoms with Gasteiger partial charge in [-0.2, -0.15) is 0 Å². The van der Waals surface area contributed by atoms with Gasteiger partial charge in [0.15, 0.2) is 5.82 Å². The van der Waals surface area contributed by atoms with Crippen LogP contribution in [-0.4, -0.2) is 19.9 Å². The Labute approximate surface area is 349 Å². The summed E-state index contributed by atoms with van der Waals surface area (Å²) in [5, 5.41) is 0. The van der Waals surface area contributed by atoms with Gasteiger partial charge in [-0.1, -0.05) is 156 Å². The van der Waals surface area contributed by atoms with Crippen LogP contribution in [0.3, 0.4) is 0 Å². The fraction of sp³-hybridized carbons (Fsp3) is 0.185. The number of anilines is 3. The average Bonchev–Trinajstić information content (AvgIpc) is 3.23. The van der Waals surface area contributed by atoms with Crippen molar-refractivity contribution >= 4 is 17.1 Å². The van der Waals surface area contributed by atoms with Crippen molar-refractivity contribution in [2.24, 2.45) is 0 Å².